The molecule has 0 aliphatic heterocycles. The Morgan fingerprint density at radius 2 is 2.18 bits per heavy atom. The first kappa shape index (κ1) is 12.0. The van der Waals surface area contributed by atoms with Crippen LogP contribution in [-0.2, 0) is 12.8 Å². The predicted octanol–water partition coefficient (Wildman–Crippen LogP) is 4.90. The fourth-order valence-corrected chi connectivity index (χ4v) is 5.57. The highest BCUT2D eigenvalue weighted by molar-refractivity contribution is 7.12. The minimum atomic E-state index is 0.445. The first-order valence-electron chi connectivity index (χ1n) is 6.89. The molecule has 2 heteroatoms. The highest BCUT2D eigenvalue weighted by Gasteiger charge is 2.50. The average Bonchev–Trinajstić information content (AvgIpc) is 3.04. The molecule has 1 heterocycles. The van der Waals surface area contributed by atoms with Gasteiger partial charge in [0.15, 0.2) is 0 Å². The van der Waals surface area contributed by atoms with Crippen molar-refractivity contribution < 1.29 is 0 Å². The second-order valence-corrected chi connectivity index (χ2v) is 7.49. The molecule has 3 atom stereocenters. The fraction of sp³-hybridized carbons (Fsp3) is 0.733. The minimum absolute atomic E-state index is 0.445. The van der Waals surface area contributed by atoms with Crippen molar-refractivity contribution in [3.63, 3.8) is 0 Å². The number of aryl methyl sites for hydroxylation is 1. The van der Waals surface area contributed by atoms with Crippen LogP contribution in [0.5, 0.6) is 0 Å². The summed E-state index contributed by atoms with van der Waals surface area (Å²) in [5, 5.41) is 0. The van der Waals surface area contributed by atoms with Crippen molar-refractivity contribution in [2.75, 3.05) is 5.88 Å². The summed E-state index contributed by atoms with van der Waals surface area (Å²) in [5.74, 6) is 2.77. The summed E-state index contributed by atoms with van der Waals surface area (Å²) in [6, 6.07) is 4.64. The highest BCUT2D eigenvalue weighted by atomic mass is 35.5. The summed E-state index contributed by atoms with van der Waals surface area (Å²) < 4.78 is 0. The third kappa shape index (κ3) is 2.06. The van der Waals surface area contributed by atoms with E-state index in [0.717, 1.165) is 17.7 Å². The molecule has 3 unspecified atom stereocenters. The Morgan fingerprint density at radius 3 is 2.71 bits per heavy atom. The fourth-order valence-electron chi connectivity index (χ4n) is 4.04. The van der Waals surface area contributed by atoms with E-state index < -0.39 is 0 Å². The van der Waals surface area contributed by atoms with Gasteiger partial charge in [-0.25, -0.2) is 0 Å². The summed E-state index contributed by atoms with van der Waals surface area (Å²) in [4.78, 5) is 3.09. The van der Waals surface area contributed by atoms with Gasteiger partial charge in [0.2, 0.25) is 0 Å². The van der Waals surface area contributed by atoms with Crippen molar-refractivity contribution in [2.24, 2.45) is 17.3 Å². The molecule has 0 aromatic carbocycles. The largest absolute Gasteiger partial charge is 0.145 e. The average molecular weight is 269 g/mol. The van der Waals surface area contributed by atoms with E-state index in [2.05, 4.69) is 19.1 Å². The molecule has 2 fully saturated rings. The molecule has 1 aromatic rings. The van der Waals surface area contributed by atoms with E-state index in [0.29, 0.717) is 5.41 Å². The molecule has 2 aliphatic carbocycles. The van der Waals surface area contributed by atoms with Crippen LogP contribution in [0.25, 0.3) is 0 Å². The summed E-state index contributed by atoms with van der Waals surface area (Å²) in [5.41, 5.74) is 0.445. The summed E-state index contributed by atoms with van der Waals surface area (Å²) in [6.07, 6.45) is 8.16. The van der Waals surface area contributed by atoms with Gasteiger partial charge >= 0.3 is 0 Å². The first-order valence-corrected chi connectivity index (χ1v) is 8.24. The number of thiophene rings is 1. The van der Waals surface area contributed by atoms with Crippen LogP contribution in [-0.4, -0.2) is 5.88 Å². The summed E-state index contributed by atoms with van der Waals surface area (Å²) in [7, 11) is 0. The van der Waals surface area contributed by atoms with Gasteiger partial charge in [0.1, 0.15) is 0 Å². The zero-order chi connectivity index (χ0) is 11.9. The van der Waals surface area contributed by atoms with Crippen molar-refractivity contribution in [3.8, 4) is 0 Å². The highest BCUT2D eigenvalue weighted by Crippen LogP contribution is 2.58. The second kappa shape index (κ2) is 4.59. The molecular weight excluding hydrogens is 248 g/mol. The van der Waals surface area contributed by atoms with Gasteiger partial charge in [-0.05, 0) is 61.5 Å². The molecule has 2 aliphatic rings. The van der Waals surface area contributed by atoms with E-state index in [9.17, 15) is 0 Å². The number of halogens is 1. The topological polar surface area (TPSA) is 0 Å². The number of fused-ring (bicyclic) bond motifs is 2. The molecule has 2 bridgehead atoms. The zero-order valence-electron chi connectivity index (χ0n) is 10.5. The Balaban J connectivity index is 1.78. The van der Waals surface area contributed by atoms with Crippen LogP contribution in [0.3, 0.4) is 0 Å². The second-order valence-electron chi connectivity index (χ2n) is 5.97. The molecule has 0 saturated heterocycles. The maximum atomic E-state index is 6.35. The molecule has 1 aromatic heterocycles. The maximum Gasteiger partial charge on any atom is 0.0286 e. The molecule has 0 spiro atoms. The standard InChI is InChI=1S/C15H21ClS/c1-2-13-5-6-14(17-13)9-15(10-16)8-11-3-4-12(15)7-11/h5-6,11-12H,2-4,7-10H2,1H3. The Hall–Kier alpha value is -0.0100. The normalized spacial score (nSPS) is 35.6. The van der Waals surface area contributed by atoms with Crippen molar-refractivity contribution >= 4 is 22.9 Å². The lowest BCUT2D eigenvalue weighted by Crippen LogP contribution is -2.31. The zero-order valence-corrected chi connectivity index (χ0v) is 12.1. The van der Waals surface area contributed by atoms with E-state index in [4.69, 9.17) is 11.6 Å². The minimum Gasteiger partial charge on any atom is -0.145 e. The third-order valence-corrected chi connectivity index (χ3v) is 6.72. The molecule has 0 N–H and O–H groups in total. The SMILES string of the molecule is CCc1ccc(CC2(CCl)CC3CCC2C3)s1. The van der Waals surface area contributed by atoms with E-state index >= 15 is 0 Å². The number of hydrogen-bond acceptors (Lipinski definition) is 1. The van der Waals surface area contributed by atoms with Gasteiger partial charge in [-0.15, -0.1) is 22.9 Å². The number of hydrogen-bond donors (Lipinski definition) is 0. The number of rotatable bonds is 4. The molecular formula is C15H21ClS. The molecule has 3 rings (SSSR count). The van der Waals surface area contributed by atoms with Crippen molar-refractivity contribution in [3.05, 3.63) is 21.9 Å². The summed E-state index contributed by atoms with van der Waals surface area (Å²) >= 11 is 8.36. The van der Waals surface area contributed by atoms with Gasteiger partial charge in [-0.2, -0.15) is 0 Å². The quantitative estimate of drug-likeness (QED) is 0.682. The Labute approximate surface area is 113 Å². The van der Waals surface area contributed by atoms with Gasteiger partial charge in [0, 0.05) is 15.6 Å². The smallest absolute Gasteiger partial charge is 0.0286 e. The van der Waals surface area contributed by atoms with Crippen LogP contribution in [0.15, 0.2) is 12.1 Å². The van der Waals surface area contributed by atoms with E-state index in [1.54, 1.807) is 4.88 Å². The lowest BCUT2D eigenvalue weighted by atomic mass is 9.72. The van der Waals surface area contributed by atoms with Gasteiger partial charge in [-0.3, -0.25) is 0 Å². The third-order valence-electron chi connectivity index (χ3n) is 4.96. The monoisotopic (exact) mass is 268 g/mol. The van der Waals surface area contributed by atoms with Crippen LogP contribution >= 0.6 is 22.9 Å². The van der Waals surface area contributed by atoms with Crippen LogP contribution in [0.4, 0.5) is 0 Å². The molecule has 0 amide bonds. The van der Waals surface area contributed by atoms with Gasteiger partial charge in [0.25, 0.3) is 0 Å². The van der Waals surface area contributed by atoms with Crippen LogP contribution in [0.1, 0.15) is 42.4 Å². The van der Waals surface area contributed by atoms with Gasteiger partial charge in [0.05, 0.1) is 0 Å². The Bertz CT molecular complexity index is 397. The van der Waals surface area contributed by atoms with Crippen LogP contribution in [0.2, 0.25) is 0 Å². The van der Waals surface area contributed by atoms with Crippen molar-refractivity contribution in [1.29, 1.82) is 0 Å². The molecule has 17 heavy (non-hydrogen) atoms. The first-order chi connectivity index (χ1) is 8.25. The predicted molar refractivity (Wildman–Crippen MR) is 76.0 cm³/mol. The molecule has 2 saturated carbocycles. The molecule has 0 radical (unpaired) electrons. The molecule has 0 nitrogen and oxygen atoms in total. The van der Waals surface area contributed by atoms with Crippen LogP contribution < -0.4 is 0 Å². The van der Waals surface area contributed by atoms with E-state index in [-0.39, 0.29) is 0 Å². The van der Waals surface area contributed by atoms with E-state index in [1.165, 1.54) is 43.4 Å². The van der Waals surface area contributed by atoms with Gasteiger partial charge < -0.3 is 0 Å². The number of alkyl halides is 1. The Morgan fingerprint density at radius 1 is 1.35 bits per heavy atom. The van der Waals surface area contributed by atoms with E-state index in [1.807, 2.05) is 11.3 Å². The van der Waals surface area contributed by atoms with Crippen molar-refractivity contribution in [2.45, 2.75) is 45.4 Å². The van der Waals surface area contributed by atoms with Crippen molar-refractivity contribution in [1.82, 2.24) is 0 Å². The molecule has 94 valence electrons. The maximum absolute atomic E-state index is 6.35. The summed E-state index contributed by atoms with van der Waals surface area (Å²) in [6.45, 7) is 2.24. The Kier molecular flexibility index (Phi) is 3.25. The lowest BCUT2D eigenvalue weighted by molar-refractivity contribution is 0.194. The van der Waals surface area contributed by atoms with Crippen LogP contribution in [0, 0.1) is 17.3 Å². The van der Waals surface area contributed by atoms with Gasteiger partial charge in [-0.1, -0.05) is 13.3 Å². The lowest BCUT2D eigenvalue weighted by Gasteiger charge is -2.35.